The van der Waals surface area contributed by atoms with Crippen LogP contribution in [0, 0.1) is 0 Å². The van der Waals surface area contributed by atoms with Crippen LogP contribution in [0.1, 0.15) is 31.4 Å². The van der Waals surface area contributed by atoms with Gasteiger partial charge in [0.05, 0.1) is 6.04 Å². The molecule has 0 saturated carbocycles. The van der Waals surface area contributed by atoms with E-state index in [0.29, 0.717) is 39.3 Å². The Kier molecular flexibility index (Phi) is 5.61. The van der Waals surface area contributed by atoms with Crippen LogP contribution in [0.15, 0.2) is 30.3 Å². The van der Waals surface area contributed by atoms with Gasteiger partial charge in [-0.3, -0.25) is 0 Å². The van der Waals surface area contributed by atoms with Gasteiger partial charge in [-0.1, -0.05) is 30.3 Å². The van der Waals surface area contributed by atoms with Crippen molar-refractivity contribution in [1.82, 2.24) is 18.8 Å². The van der Waals surface area contributed by atoms with E-state index in [1.54, 1.807) is 9.21 Å². The van der Waals surface area contributed by atoms with Gasteiger partial charge in [-0.05, 0) is 25.3 Å². The van der Waals surface area contributed by atoms with Crippen molar-refractivity contribution in [3.8, 4) is 0 Å². The van der Waals surface area contributed by atoms with Gasteiger partial charge in [0.15, 0.2) is 0 Å². The average molecular weight is 366 g/mol. The van der Waals surface area contributed by atoms with Gasteiger partial charge < -0.3 is 10.2 Å². The van der Waals surface area contributed by atoms with Crippen LogP contribution < -0.4 is 5.32 Å². The van der Waals surface area contributed by atoms with Crippen molar-refractivity contribution in [1.29, 1.82) is 0 Å². The van der Waals surface area contributed by atoms with Crippen molar-refractivity contribution in [3.05, 3.63) is 35.9 Å². The van der Waals surface area contributed by atoms with E-state index in [1.165, 1.54) is 4.31 Å². The van der Waals surface area contributed by atoms with Gasteiger partial charge in [-0.25, -0.2) is 4.79 Å². The fourth-order valence-corrected chi connectivity index (χ4v) is 4.98. The van der Waals surface area contributed by atoms with Gasteiger partial charge in [0.1, 0.15) is 0 Å². The Hall–Kier alpha value is -1.64. The maximum Gasteiger partial charge on any atom is 0.317 e. The van der Waals surface area contributed by atoms with E-state index in [9.17, 15) is 13.2 Å². The lowest BCUT2D eigenvalue weighted by molar-refractivity contribution is 0.167. The van der Waals surface area contributed by atoms with E-state index in [4.69, 9.17) is 0 Å². The number of carbonyl (C=O) groups excluding carboxylic acids is 1. The molecule has 25 heavy (non-hydrogen) atoms. The topological polar surface area (TPSA) is 73.0 Å². The smallest absolute Gasteiger partial charge is 0.317 e. The van der Waals surface area contributed by atoms with E-state index < -0.39 is 10.2 Å². The second kappa shape index (κ2) is 7.72. The molecule has 1 aromatic carbocycles. The number of benzene rings is 1. The Labute approximate surface area is 149 Å². The van der Waals surface area contributed by atoms with Crippen LogP contribution in [-0.2, 0) is 10.2 Å². The van der Waals surface area contributed by atoms with Crippen LogP contribution >= 0.6 is 0 Å². The highest BCUT2D eigenvalue weighted by atomic mass is 32.2. The first kappa shape index (κ1) is 18.2. The van der Waals surface area contributed by atoms with E-state index >= 15 is 0 Å². The second-order valence-corrected chi connectivity index (χ2v) is 8.51. The number of hydrogen-bond donors (Lipinski definition) is 1. The fraction of sp³-hybridized carbons (Fsp3) is 0.588. The van der Waals surface area contributed by atoms with Crippen LogP contribution in [-0.4, -0.2) is 67.2 Å². The van der Waals surface area contributed by atoms with Gasteiger partial charge >= 0.3 is 6.03 Å². The van der Waals surface area contributed by atoms with Crippen LogP contribution in [0.3, 0.4) is 0 Å². The van der Waals surface area contributed by atoms with E-state index in [0.717, 1.165) is 18.4 Å². The molecule has 0 aliphatic carbocycles. The van der Waals surface area contributed by atoms with Crippen LogP contribution in [0.4, 0.5) is 4.79 Å². The maximum absolute atomic E-state index is 12.6. The Morgan fingerprint density at radius 1 is 0.960 bits per heavy atom. The summed E-state index contributed by atoms with van der Waals surface area (Å²) in [5.74, 6) is 0. The highest BCUT2D eigenvalue weighted by Gasteiger charge is 2.34. The second-order valence-electron chi connectivity index (χ2n) is 6.58. The first-order valence-corrected chi connectivity index (χ1v) is 10.2. The molecule has 0 aromatic heterocycles. The summed E-state index contributed by atoms with van der Waals surface area (Å²) in [7, 11) is -3.37. The van der Waals surface area contributed by atoms with E-state index in [2.05, 4.69) is 5.32 Å². The summed E-state index contributed by atoms with van der Waals surface area (Å²) in [6.45, 7) is 4.70. The molecule has 2 heterocycles. The Balaban J connectivity index is 1.52. The predicted octanol–water partition coefficient (Wildman–Crippen LogP) is 1.42. The minimum Gasteiger partial charge on any atom is -0.331 e. The zero-order valence-electron chi connectivity index (χ0n) is 14.6. The van der Waals surface area contributed by atoms with Gasteiger partial charge in [0.25, 0.3) is 10.2 Å². The molecule has 2 amide bonds. The summed E-state index contributed by atoms with van der Waals surface area (Å²) in [5, 5.41) is 2.98. The number of carbonyl (C=O) groups is 1. The van der Waals surface area contributed by atoms with Crippen molar-refractivity contribution in [2.24, 2.45) is 0 Å². The number of urea groups is 1. The van der Waals surface area contributed by atoms with Crippen LogP contribution in [0.2, 0.25) is 0 Å². The van der Waals surface area contributed by atoms with E-state index in [1.807, 2.05) is 37.3 Å². The number of rotatable bonds is 4. The first-order chi connectivity index (χ1) is 12.0. The molecule has 1 N–H and O–H groups in total. The average Bonchev–Trinajstić information content (AvgIpc) is 3.18. The lowest BCUT2D eigenvalue weighted by Gasteiger charge is -2.36. The summed E-state index contributed by atoms with van der Waals surface area (Å²) in [6, 6.07) is 9.56. The third-order valence-corrected chi connectivity index (χ3v) is 6.92. The molecule has 1 aromatic rings. The highest BCUT2D eigenvalue weighted by molar-refractivity contribution is 7.86. The maximum atomic E-state index is 12.6. The minimum absolute atomic E-state index is 0.0833. The van der Waals surface area contributed by atoms with Crippen molar-refractivity contribution in [2.45, 2.75) is 25.8 Å². The molecule has 3 rings (SSSR count). The van der Waals surface area contributed by atoms with Crippen molar-refractivity contribution >= 4 is 16.2 Å². The summed E-state index contributed by atoms with van der Waals surface area (Å²) >= 11 is 0. The molecule has 2 aliphatic rings. The normalized spacial score (nSPS) is 21.2. The molecule has 2 aliphatic heterocycles. The third-order valence-electron chi connectivity index (χ3n) is 4.88. The largest absolute Gasteiger partial charge is 0.331 e. The third kappa shape index (κ3) is 4.13. The molecular weight excluding hydrogens is 340 g/mol. The predicted molar refractivity (Wildman–Crippen MR) is 96.3 cm³/mol. The number of amides is 2. The molecule has 2 fully saturated rings. The molecule has 0 spiro atoms. The molecule has 7 nitrogen and oxygen atoms in total. The van der Waals surface area contributed by atoms with Gasteiger partial charge in [-0.15, -0.1) is 0 Å². The van der Waals surface area contributed by atoms with Crippen LogP contribution in [0.5, 0.6) is 0 Å². The molecule has 8 heteroatoms. The number of nitrogens with one attached hydrogen (secondary N) is 1. The Morgan fingerprint density at radius 2 is 1.52 bits per heavy atom. The lowest BCUT2D eigenvalue weighted by atomic mass is 10.1. The first-order valence-electron chi connectivity index (χ1n) is 8.84. The Bertz CT molecular complexity index is 681. The van der Waals surface area contributed by atoms with Gasteiger partial charge in [-0.2, -0.15) is 17.0 Å². The van der Waals surface area contributed by atoms with Crippen molar-refractivity contribution < 1.29 is 13.2 Å². The molecule has 1 atom stereocenters. The van der Waals surface area contributed by atoms with Crippen molar-refractivity contribution in [2.75, 3.05) is 39.3 Å². The summed E-state index contributed by atoms with van der Waals surface area (Å²) < 4.78 is 28.2. The zero-order valence-corrected chi connectivity index (χ0v) is 15.4. The number of piperazine rings is 1. The quantitative estimate of drug-likeness (QED) is 0.876. The molecule has 0 radical (unpaired) electrons. The molecule has 1 unspecified atom stereocenters. The zero-order chi connectivity index (χ0) is 17.9. The number of nitrogens with zero attached hydrogens (tertiary/aromatic N) is 3. The lowest BCUT2D eigenvalue weighted by Crippen LogP contribution is -2.55. The van der Waals surface area contributed by atoms with Gasteiger partial charge in [0, 0.05) is 39.3 Å². The van der Waals surface area contributed by atoms with Gasteiger partial charge in [0.2, 0.25) is 0 Å². The monoisotopic (exact) mass is 366 g/mol. The highest BCUT2D eigenvalue weighted by Crippen LogP contribution is 2.18. The summed E-state index contributed by atoms with van der Waals surface area (Å²) in [5.41, 5.74) is 1.05. The SMILES string of the molecule is CC(NC(=O)N1CCN(S(=O)(=O)N2CCCC2)CC1)c1ccccc1. The molecule has 0 bridgehead atoms. The molecule has 2 saturated heterocycles. The Morgan fingerprint density at radius 3 is 2.12 bits per heavy atom. The summed E-state index contributed by atoms with van der Waals surface area (Å²) in [6.07, 6.45) is 1.86. The molecule has 138 valence electrons. The summed E-state index contributed by atoms with van der Waals surface area (Å²) in [4.78, 5) is 14.1. The van der Waals surface area contributed by atoms with Crippen LogP contribution in [0.25, 0.3) is 0 Å². The van der Waals surface area contributed by atoms with Crippen molar-refractivity contribution in [3.63, 3.8) is 0 Å². The fourth-order valence-electron chi connectivity index (χ4n) is 3.31. The minimum atomic E-state index is -3.37. The molecular formula is C17H26N4O3S. The van der Waals surface area contributed by atoms with E-state index in [-0.39, 0.29) is 12.1 Å². The number of hydrogen-bond acceptors (Lipinski definition) is 3. The standard InChI is InChI=1S/C17H26N4O3S/c1-15(16-7-3-2-4-8-16)18-17(22)19-11-13-21(14-12-19)25(23,24)20-9-5-6-10-20/h2-4,7-8,15H,5-6,9-14H2,1H3,(H,18,22).